The van der Waals surface area contributed by atoms with Crippen LogP contribution >= 0.6 is 23.4 Å². The van der Waals surface area contributed by atoms with Crippen LogP contribution in [0.4, 0.5) is 5.69 Å². The van der Waals surface area contributed by atoms with E-state index in [1.165, 1.54) is 11.8 Å². The zero-order valence-corrected chi connectivity index (χ0v) is 17.4. The molecule has 2 aromatic rings. The summed E-state index contributed by atoms with van der Waals surface area (Å²) in [7, 11) is -3.08. The number of fused-ring (bicyclic) bond motifs is 1. The number of rotatable bonds is 4. The van der Waals surface area contributed by atoms with Crippen molar-refractivity contribution in [3.63, 3.8) is 0 Å². The van der Waals surface area contributed by atoms with Crippen molar-refractivity contribution < 1.29 is 13.2 Å². The number of halogens is 1. The van der Waals surface area contributed by atoms with E-state index in [4.69, 9.17) is 11.6 Å². The summed E-state index contributed by atoms with van der Waals surface area (Å²) in [6.07, 6.45) is 0.944. The van der Waals surface area contributed by atoms with Crippen molar-refractivity contribution in [2.24, 2.45) is 4.99 Å². The highest BCUT2D eigenvalue weighted by Gasteiger charge is 2.49. The van der Waals surface area contributed by atoms with Crippen LogP contribution in [0.2, 0.25) is 5.02 Å². The number of hydrogen-bond donors (Lipinski definition) is 0. The molecule has 2 aliphatic rings. The molecular weight excluding hydrogens is 416 g/mol. The lowest BCUT2D eigenvalue weighted by molar-refractivity contribution is -0.117. The second kappa shape index (κ2) is 7.89. The van der Waals surface area contributed by atoms with Gasteiger partial charge in [-0.15, -0.1) is 0 Å². The van der Waals surface area contributed by atoms with Crippen molar-refractivity contribution >= 4 is 50.0 Å². The molecule has 28 heavy (non-hydrogen) atoms. The molecule has 4 rings (SSSR count). The van der Waals surface area contributed by atoms with E-state index in [1.807, 2.05) is 47.4 Å². The molecule has 2 aliphatic heterocycles. The van der Waals surface area contributed by atoms with Crippen LogP contribution in [0, 0.1) is 0 Å². The topological polar surface area (TPSA) is 66.8 Å². The molecule has 0 unspecified atom stereocenters. The fraction of sp³-hybridized carbons (Fsp3) is 0.300. The number of thioether (sulfide) groups is 1. The van der Waals surface area contributed by atoms with Gasteiger partial charge in [0, 0.05) is 22.4 Å². The number of sulfone groups is 1. The van der Waals surface area contributed by atoms with E-state index < -0.39 is 9.84 Å². The van der Waals surface area contributed by atoms with E-state index in [0.29, 0.717) is 23.0 Å². The largest absolute Gasteiger partial charge is 0.316 e. The summed E-state index contributed by atoms with van der Waals surface area (Å²) in [5, 5.41) is 1.07. The van der Waals surface area contributed by atoms with Crippen molar-refractivity contribution in [1.29, 1.82) is 0 Å². The van der Waals surface area contributed by atoms with E-state index in [9.17, 15) is 13.2 Å². The lowest BCUT2D eigenvalue weighted by Gasteiger charge is -2.24. The summed E-state index contributed by atoms with van der Waals surface area (Å²) < 4.78 is 24.2. The van der Waals surface area contributed by atoms with Crippen LogP contribution in [-0.4, -0.2) is 42.3 Å². The average molecular weight is 435 g/mol. The number of aliphatic imine (C=N–C) groups is 1. The third-order valence-corrected chi connectivity index (χ3v) is 8.32. The molecule has 1 amide bonds. The number of nitrogens with zero attached hydrogens (tertiary/aromatic N) is 2. The maximum Gasteiger partial charge on any atom is 0.248 e. The van der Waals surface area contributed by atoms with Gasteiger partial charge in [-0.1, -0.05) is 53.7 Å². The van der Waals surface area contributed by atoms with Gasteiger partial charge in [0.1, 0.15) is 0 Å². The van der Waals surface area contributed by atoms with E-state index in [0.717, 1.165) is 11.3 Å². The Balaban J connectivity index is 1.56. The quantitative estimate of drug-likeness (QED) is 0.735. The fourth-order valence-electron chi connectivity index (χ4n) is 3.53. The summed E-state index contributed by atoms with van der Waals surface area (Å²) in [5.41, 5.74) is 1.89. The number of anilines is 1. The van der Waals surface area contributed by atoms with Crippen LogP contribution < -0.4 is 4.90 Å². The minimum Gasteiger partial charge on any atom is -0.316 e. The number of carbonyl (C=O) groups excluding carboxylic acids is 1. The van der Waals surface area contributed by atoms with Crippen molar-refractivity contribution in [3.05, 3.63) is 65.2 Å². The standard InChI is InChI=1S/C20H19ClN2O3S2/c21-15-7-9-16(10-8-15)23-17-12-28(25,26)13-18(17)27-20(23)22-19(24)11-6-14-4-2-1-3-5-14/h1-5,7-10,17-18H,6,11-13H2/t17-,18+/m1/s1. The summed E-state index contributed by atoms with van der Waals surface area (Å²) in [4.78, 5) is 18.7. The first-order chi connectivity index (χ1) is 13.4. The number of amides is 1. The van der Waals surface area contributed by atoms with Gasteiger partial charge in [0.25, 0.3) is 0 Å². The van der Waals surface area contributed by atoms with Crippen molar-refractivity contribution in [2.45, 2.75) is 24.1 Å². The average Bonchev–Trinajstić information content (AvgIpc) is 3.12. The van der Waals surface area contributed by atoms with Gasteiger partial charge in [0.15, 0.2) is 15.0 Å². The summed E-state index contributed by atoms with van der Waals surface area (Å²) in [6, 6.07) is 16.8. The van der Waals surface area contributed by atoms with Crippen molar-refractivity contribution in [3.8, 4) is 0 Å². The SMILES string of the molecule is O=C(CCc1ccccc1)N=C1S[C@H]2CS(=O)(=O)C[C@H]2N1c1ccc(Cl)cc1. The molecule has 0 N–H and O–H groups in total. The van der Waals surface area contributed by atoms with E-state index in [-0.39, 0.29) is 28.7 Å². The summed E-state index contributed by atoms with van der Waals surface area (Å²) >= 11 is 7.37. The number of hydrogen-bond acceptors (Lipinski definition) is 4. The normalized spacial score (nSPS) is 24.5. The molecular formula is C20H19ClN2O3S2. The Labute approximate surface area is 173 Å². The molecule has 2 heterocycles. The minimum atomic E-state index is -3.08. The predicted molar refractivity (Wildman–Crippen MR) is 115 cm³/mol. The molecule has 146 valence electrons. The number of aryl methyl sites for hydroxylation is 1. The number of amidine groups is 1. The van der Waals surface area contributed by atoms with Crippen LogP contribution in [0.1, 0.15) is 12.0 Å². The van der Waals surface area contributed by atoms with E-state index in [2.05, 4.69) is 4.99 Å². The first kappa shape index (κ1) is 19.5. The van der Waals surface area contributed by atoms with Gasteiger partial charge in [0.05, 0.1) is 17.5 Å². The Morgan fingerprint density at radius 2 is 1.82 bits per heavy atom. The van der Waals surface area contributed by atoms with Crippen LogP contribution in [0.5, 0.6) is 0 Å². The minimum absolute atomic E-state index is 0.0739. The van der Waals surface area contributed by atoms with E-state index >= 15 is 0 Å². The van der Waals surface area contributed by atoms with Gasteiger partial charge in [-0.05, 0) is 36.2 Å². The van der Waals surface area contributed by atoms with Crippen LogP contribution in [0.3, 0.4) is 0 Å². The van der Waals surface area contributed by atoms with Crippen molar-refractivity contribution in [1.82, 2.24) is 0 Å². The molecule has 2 saturated heterocycles. The third kappa shape index (κ3) is 4.26. The maximum atomic E-state index is 12.5. The van der Waals surface area contributed by atoms with Gasteiger partial charge < -0.3 is 4.90 Å². The molecule has 0 aromatic heterocycles. The predicted octanol–water partition coefficient (Wildman–Crippen LogP) is 3.57. The molecule has 5 nitrogen and oxygen atoms in total. The lowest BCUT2D eigenvalue weighted by Crippen LogP contribution is -2.37. The Kier molecular flexibility index (Phi) is 5.49. The smallest absolute Gasteiger partial charge is 0.248 e. The summed E-state index contributed by atoms with van der Waals surface area (Å²) in [5.74, 6) is -0.0121. The summed E-state index contributed by atoms with van der Waals surface area (Å²) in [6.45, 7) is 0. The second-order valence-electron chi connectivity index (χ2n) is 6.92. The first-order valence-electron chi connectivity index (χ1n) is 8.99. The van der Waals surface area contributed by atoms with Gasteiger partial charge in [-0.2, -0.15) is 4.99 Å². The molecule has 0 aliphatic carbocycles. The van der Waals surface area contributed by atoms with E-state index in [1.54, 1.807) is 12.1 Å². The monoisotopic (exact) mass is 434 g/mol. The Hall–Kier alpha value is -1.83. The van der Waals surface area contributed by atoms with Crippen LogP contribution in [0.25, 0.3) is 0 Å². The zero-order valence-electron chi connectivity index (χ0n) is 15.0. The van der Waals surface area contributed by atoms with Gasteiger partial charge >= 0.3 is 0 Å². The van der Waals surface area contributed by atoms with Gasteiger partial charge in [-0.3, -0.25) is 4.79 Å². The Morgan fingerprint density at radius 3 is 2.54 bits per heavy atom. The van der Waals surface area contributed by atoms with Crippen molar-refractivity contribution in [2.75, 3.05) is 16.4 Å². The molecule has 0 saturated carbocycles. The number of carbonyl (C=O) groups is 1. The zero-order chi connectivity index (χ0) is 19.7. The van der Waals surface area contributed by atoms with Gasteiger partial charge in [0.2, 0.25) is 5.91 Å². The van der Waals surface area contributed by atoms with Crippen LogP contribution in [0.15, 0.2) is 59.6 Å². The highest BCUT2D eigenvalue weighted by molar-refractivity contribution is 8.16. The molecule has 2 aromatic carbocycles. The third-order valence-electron chi connectivity index (χ3n) is 4.86. The molecule has 0 bridgehead atoms. The number of benzene rings is 2. The first-order valence-corrected chi connectivity index (χ1v) is 12.1. The second-order valence-corrected chi connectivity index (χ2v) is 10.7. The molecule has 0 radical (unpaired) electrons. The molecule has 2 atom stereocenters. The molecule has 0 spiro atoms. The molecule has 8 heteroatoms. The van der Waals surface area contributed by atoms with Crippen LogP contribution in [-0.2, 0) is 21.1 Å². The highest BCUT2D eigenvalue weighted by atomic mass is 35.5. The maximum absolute atomic E-state index is 12.5. The molecule has 2 fully saturated rings. The fourth-order valence-corrected chi connectivity index (χ4v) is 7.58. The van der Waals surface area contributed by atoms with Gasteiger partial charge in [-0.25, -0.2) is 8.42 Å². The lowest BCUT2D eigenvalue weighted by atomic mass is 10.1. The Morgan fingerprint density at radius 1 is 1.11 bits per heavy atom. The Bertz CT molecular complexity index is 1010. The highest BCUT2D eigenvalue weighted by Crippen LogP contribution is 2.41.